The average molecular weight is 234 g/mol. The lowest BCUT2D eigenvalue weighted by Crippen LogP contribution is -2.31. The molecule has 4 nitrogen and oxygen atoms in total. The highest BCUT2D eigenvalue weighted by atomic mass is 16.3. The monoisotopic (exact) mass is 234 g/mol. The topological polar surface area (TPSA) is 43.8 Å². The van der Waals surface area contributed by atoms with Gasteiger partial charge in [0.1, 0.15) is 6.23 Å². The van der Waals surface area contributed by atoms with Crippen LogP contribution in [0.15, 0.2) is 18.2 Å². The molecule has 0 aromatic heterocycles. The number of fused-ring (bicyclic) bond motifs is 1. The molecule has 92 valence electrons. The lowest BCUT2D eigenvalue weighted by atomic mass is 9.98. The fourth-order valence-electron chi connectivity index (χ4n) is 2.14. The summed E-state index contributed by atoms with van der Waals surface area (Å²) in [4.78, 5) is 15.0. The van der Waals surface area contributed by atoms with Crippen molar-refractivity contribution < 1.29 is 9.90 Å². The molecule has 1 aliphatic rings. The van der Waals surface area contributed by atoms with Gasteiger partial charge in [-0.15, -0.1) is 0 Å². The molecule has 1 amide bonds. The number of aliphatic hydroxyl groups excluding tert-OH is 1. The minimum atomic E-state index is -0.594. The highest BCUT2D eigenvalue weighted by molar-refractivity contribution is 5.95. The van der Waals surface area contributed by atoms with Crippen LogP contribution in [0.3, 0.4) is 0 Å². The summed E-state index contributed by atoms with van der Waals surface area (Å²) in [5.74, 6) is 0.151. The molecule has 0 radical (unpaired) electrons. The summed E-state index contributed by atoms with van der Waals surface area (Å²) in [6.45, 7) is 0. The summed E-state index contributed by atoms with van der Waals surface area (Å²) in [7, 11) is 5.46. The highest BCUT2D eigenvalue weighted by Gasteiger charge is 2.22. The van der Waals surface area contributed by atoms with E-state index in [1.807, 2.05) is 32.3 Å². The third-order valence-corrected chi connectivity index (χ3v) is 3.23. The summed E-state index contributed by atoms with van der Waals surface area (Å²) >= 11 is 0. The smallest absolute Gasteiger partial charge is 0.227 e. The predicted octanol–water partition coefficient (Wildman–Crippen LogP) is 1.15. The number of benzene rings is 1. The molecule has 2 rings (SSSR count). The molecule has 17 heavy (non-hydrogen) atoms. The average Bonchev–Trinajstić information content (AvgIpc) is 2.32. The van der Waals surface area contributed by atoms with Gasteiger partial charge in [-0.05, 0) is 43.8 Å². The first-order chi connectivity index (χ1) is 8.00. The van der Waals surface area contributed by atoms with Gasteiger partial charge in [-0.2, -0.15) is 0 Å². The van der Waals surface area contributed by atoms with E-state index in [4.69, 9.17) is 0 Å². The Labute approximate surface area is 101 Å². The van der Waals surface area contributed by atoms with E-state index >= 15 is 0 Å². The van der Waals surface area contributed by atoms with Crippen molar-refractivity contribution in [2.75, 3.05) is 26.0 Å². The van der Waals surface area contributed by atoms with Crippen molar-refractivity contribution in [2.45, 2.75) is 19.1 Å². The van der Waals surface area contributed by atoms with Crippen LogP contribution in [-0.4, -0.2) is 37.1 Å². The second-order valence-corrected chi connectivity index (χ2v) is 4.68. The van der Waals surface area contributed by atoms with Crippen molar-refractivity contribution in [2.24, 2.45) is 0 Å². The number of anilines is 1. The van der Waals surface area contributed by atoms with Crippen LogP contribution in [-0.2, 0) is 11.2 Å². The van der Waals surface area contributed by atoms with Crippen LogP contribution in [0.5, 0.6) is 0 Å². The van der Waals surface area contributed by atoms with E-state index in [1.54, 1.807) is 16.8 Å². The van der Waals surface area contributed by atoms with E-state index in [-0.39, 0.29) is 5.91 Å². The lowest BCUT2D eigenvalue weighted by Gasteiger charge is -2.27. The van der Waals surface area contributed by atoms with Gasteiger partial charge in [0.25, 0.3) is 0 Å². The Hall–Kier alpha value is -1.39. The van der Waals surface area contributed by atoms with E-state index in [0.29, 0.717) is 6.42 Å². The van der Waals surface area contributed by atoms with Gasteiger partial charge in [0.05, 0.1) is 0 Å². The Kier molecular flexibility index (Phi) is 3.17. The largest absolute Gasteiger partial charge is 0.374 e. The predicted molar refractivity (Wildman–Crippen MR) is 66.8 cm³/mol. The number of hydrogen-bond acceptors (Lipinski definition) is 3. The van der Waals surface area contributed by atoms with Gasteiger partial charge in [0.15, 0.2) is 0 Å². The third kappa shape index (κ3) is 2.18. The first-order valence-corrected chi connectivity index (χ1v) is 5.74. The fourth-order valence-corrected chi connectivity index (χ4v) is 2.14. The van der Waals surface area contributed by atoms with E-state index in [0.717, 1.165) is 23.2 Å². The molecule has 0 bridgehead atoms. The number of hydrogen-bond donors (Lipinski definition) is 1. The molecule has 1 atom stereocenters. The Bertz CT molecular complexity index is 443. The molecule has 4 heteroatoms. The Balaban J connectivity index is 2.35. The number of carbonyl (C=O) groups is 1. The van der Waals surface area contributed by atoms with Crippen molar-refractivity contribution in [3.05, 3.63) is 29.3 Å². The molecule has 1 aliphatic heterocycles. The SMILES string of the molecule is CN1C(=O)CCc2cc(C(O)N(C)C)ccc21. The maximum absolute atomic E-state index is 11.6. The van der Waals surface area contributed by atoms with Crippen LogP contribution < -0.4 is 4.90 Å². The molecule has 1 aromatic rings. The summed E-state index contributed by atoms with van der Waals surface area (Å²) < 4.78 is 0. The van der Waals surface area contributed by atoms with Crippen molar-refractivity contribution >= 4 is 11.6 Å². The van der Waals surface area contributed by atoms with E-state index in [9.17, 15) is 9.90 Å². The van der Waals surface area contributed by atoms with Crippen molar-refractivity contribution in [1.82, 2.24) is 4.90 Å². The molecular formula is C13H18N2O2. The van der Waals surface area contributed by atoms with Gasteiger partial charge in [-0.25, -0.2) is 0 Å². The standard InChI is InChI=1S/C13H18N2O2/c1-14(2)13(17)10-4-6-11-9(8-10)5-7-12(16)15(11)3/h4,6,8,13,17H,5,7H2,1-3H3. The van der Waals surface area contributed by atoms with Crippen LogP contribution in [0, 0.1) is 0 Å². The zero-order valence-electron chi connectivity index (χ0n) is 10.5. The number of carbonyl (C=O) groups excluding carboxylic acids is 1. The summed E-state index contributed by atoms with van der Waals surface area (Å²) in [6.07, 6.45) is 0.709. The lowest BCUT2D eigenvalue weighted by molar-refractivity contribution is -0.118. The molecule has 1 aromatic carbocycles. The molecule has 0 saturated carbocycles. The molecule has 1 unspecified atom stereocenters. The summed E-state index contributed by atoms with van der Waals surface area (Å²) in [5.41, 5.74) is 2.96. The van der Waals surface area contributed by atoms with Gasteiger partial charge < -0.3 is 10.0 Å². The number of rotatable bonds is 2. The first kappa shape index (κ1) is 12.1. The van der Waals surface area contributed by atoms with Crippen LogP contribution >= 0.6 is 0 Å². The van der Waals surface area contributed by atoms with Crippen LogP contribution in [0.25, 0.3) is 0 Å². The molecular weight excluding hydrogens is 216 g/mol. The summed E-state index contributed by atoms with van der Waals surface area (Å²) in [5, 5.41) is 9.96. The second kappa shape index (κ2) is 4.47. The maximum atomic E-state index is 11.6. The minimum Gasteiger partial charge on any atom is -0.374 e. The number of aliphatic hydroxyl groups is 1. The van der Waals surface area contributed by atoms with Gasteiger partial charge >= 0.3 is 0 Å². The Morgan fingerprint density at radius 3 is 2.71 bits per heavy atom. The normalized spacial score (nSPS) is 17.2. The number of aryl methyl sites for hydroxylation is 1. The first-order valence-electron chi connectivity index (χ1n) is 5.74. The van der Waals surface area contributed by atoms with Gasteiger partial charge in [0.2, 0.25) is 5.91 Å². The molecule has 1 heterocycles. The highest BCUT2D eigenvalue weighted by Crippen LogP contribution is 2.29. The fraction of sp³-hybridized carbons (Fsp3) is 0.462. The Morgan fingerprint density at radius 2 is 2.06 bits per heavy atom. The Morgan fingerprint density at radius 1 is 1.35 bits per heavy atom. The second-order valence-electron chi connectivity index (χ2n) is 4.68. The van der Waals surface area contributed by atoms with Gasteiger partial charge in [-0.3, -0.25) is 9.69 Å². The van der Waals surface area contributed by atoms with E-state index in [2.05, 4.69) is 0 Å². The van der Waals surface area contributed by atoms with Crippen LogP contribution in [0.1, 0.15) is 23.8 Å². The van der Waals surface area contributed by atoms with E-state index in [1.165, 1.54) is 0 Å². The molecule has 0 fully saturated rings. The van der Waals surface area contributed by atoms with Crippen molar-refractivity contribution in [3.63, 3.8) is 0 Å². The van der Waals surface area contributed by atoms with E-state index < -0.39 is 6.23 Å². The molecule has 0 spiro atoms. The molecule has 0 aliphatic carbocycles. The maximum Gasteiger partial charge on any atom is 0.227 e. The van der Waals surface area contributed by atoms with Crippen LogP contribution in [0.2, 0.25) is 0 Å². The molecule has 1 N–H and O–H groups in total. The minimum absolute atomic E-state index is 0.151. The number of nitrogens with zero attached hydrogens (tertiary/aromatic N) is 2. The number of amides is 1. The third-order valence-electron chi connectivity index (χ3n) is 3.23. The molecule has 0 saturated heterocycles. The van der Waals surface area contributed by atoms with Crippen molar-refractivity contribution in [1.29, 1.82) is 0 Å². The quantitative estimate of drug-likeness (QED) is 0.781. The van der Waals surface area contributed by atoms with Crippen LogP contribution in [0.4, 0.5) is 5.69 Å². The van der Waals surface area contributed by atoms with Crippen molar-refractivity contribution in [3.8, 4) is 0 Å². The summed E-state index contributed by atoms with van der Waals surface area (Å²) in [6, 6.07) is 5.77. The van der Waals surface area contributed by atoms with Gasteiger partial charge in [0, 0.05) is 19.2 Å². The van der Waals surface area contributed by atoms with Gasteiger partial charge in [-0.1, -0.05) is 6.07 Å². The zero-order valence-corrected chi connectivity index (χ0v) is 10.5. The zero-order chi connectivity index (χ0) is 12.6.